The van der Waals surface area contributed by atoms with Crippen LogP contribution in [0, 0.1) is 6.92 Å². The standard InChI is InChI=1S/C23H23ClN2O4S/c1-16-5-3-4-6-19(16)15-25-23(27)18-9-12-21(30-2)22(13-18)31(28,29)26-14-17-7-10-20(24)11-8-17/h3-13,26H,14-15H2,1-2H3,(H,25,27). The highest BCUT2D eigenvalue weighted by Crippen LogP contribution is 2.25. The number of halogens is 1. The van der Waals surface area contributed by atoms with Crippen molar-refractivity contribution in [3.8, 4) is 5.75 Å². The average molecular weight is 459 g/mol. The highest BCUT2D eigenvalue weighted by molar-refractivity contribution is 7.89. The minimum atomic E-state index is -3.93. The van der Waals surface area contributed by atoms with Crippen LogP contribution < -0.4 is 14.8 Å². The molecule has 0 aromatic heterocycles. The van der Waals surface area contributed by atoms with E-state index >= 15 is 0 Å². The summed E-state index contributed by atoms with van der Waals surface area (Å²) in [5.74, 6) is -0.223. The van der Waals surface area contributed by atoms with Crippen LogP contribution in [0.3, 0.4) is 0 Å². The number of rotatable bonds is 8. The first kappa shape index (κ1) is 22.8. The molecule has 0 atom stereocenters. The number of carbonyl (C=O) groups is 1. The fourth-order valence-electron chi connectivity index (χ4n) is 2.97. The number of methoxy groups -OCH3 is 1. The molecule has 31 heavy (non-hydrogen) atoms. The smallest absolute Gasteiger partial charge is 0.251 e. The topological polar surface area (TPSA) is 84.5 Å². The lowest BCUT2D eigenvalue weighted by Crippen LogP contribution is -2.26. The summed E-state index contributed by atoms with van der Waals surface area (Å²) in [6.45, 7) is 2.38. The van der Waals surface area contributed by atoms with E-state index in [1.165, 1.54) is 25.3 Å². The van der Waals surface area contributed by atoms with Crippen LogP contribution in [0.5, 0.6) is 5.75 Å². The molecule has 0 radical (unpaired) electrons. The summed E-state index contributed by atoms with van der Waals surface area (Å²) in [6.07, 6.45) is 0. The second-order valence-electron chi connectivity index (χ2n) is 6.93. The third-order valence-corrected chi connectivity index (χ3v) is 6.47. The molecule has 3 aromatic rings. The quantitative estimate of drug-likeness (QED) is 0.533. The maximum absolute atomic E-state index is 12.9. The van der Waals surface area contributed by atoms with E-state index in [2.05, 4.69) is 10.0 Å². The number of sulfonamides is 1. The third kappa shape index (κ3) is 5.85. The predicted molar refractivity (Wildman–Crippen MR) is 121 cm³/mol. The first-order valence-corrected chi connectivity index (χ1v) is 11.4. The Morgan fingerprint density at radius 2 is 1.71 bits per heavy atom. The molecule has 8 heteroatoms. The molecule has 0 unspecified atom stereocenters. The number of amides is 1. The number of hydrogen-bond donors (Lipinski definition) is 2. The van der Waals surface area contributed by atoms with Crippen molar-refractivity contribution in [3.05, 3.63) is 94.0 Å². The van der Waals surface area contributed by atoms with E-state index in [0.29, 0.717) is 11.6 Å². The minimum absolute atomic E-state index is 0.0758. The molecule has 0 bridgehead atoms. The third-order valence-electron chi connectivity index (χ3n) is 4.80. The van der Waals surface area contributed by atoms with Gasteiger partial charge >= 0.3 is 0 Å². The Balaban J connectivity index is 1.78. The highest BCUT2D eigenvalue weighted by Gasteiger charge is 2.21. The molecule has 0 saturated carbocycles. The minimum Gasteiger partial charge on any atom is -0.495 e. The van der Waals surface area contributed by atoms with Crippen LogP contribution in [0.4, 0.5) is 0 Å². The Hall–Kier alpha value is -2.87. The van der Waals surface area contributed by atoms with Gasteiger partial charge < -0.3 is 10.1 Å². The van der Waals surface area contributed by atoms with Crippen molar-refractivity contribution in [1.82, 2.24) is 10.0 Å². The summed E-state index contributed by atoms with van der Waals surface area (Å²) in [5, 5.41) is 3.40. The summed E-state index contributed by atoms with van der Waals surface area (Å²) >= 11 is 5.86. The van der Waals surface area contributed by atoms with Gasteiger partial charge in [0.2, 0.25) is 10.0 Å². The van der Waals surface area contributed by atoms with Crippen molar-refractivity contribution >= 4 is 27.5 Å². The van der Waals surface area contributed by atoms with Gasteiger partial charge in [-0.25, -0.2) is 13.1 Å². The van der Waals surface area contributed by atoms with Crippen molar-refractivity contribution in [2.75, 3.05) is 7.11 Å². The van der Waals surface area contributed by atoms with Gasteiger partial charge in [0.1, 0.15) is 10.6 Å². The Bertz CT molecular complexity index is 1180. The van der Waals surface area contributed by atoms with Crippen LogP contribution in [-0.2, 0) is 23.1 Å². The summed E-state index contributed by atoms with van der Waals surface area (Å²) in [6, 6.07) is 18.9. The lowest BCUT2D eigenvalue weighted by molar-refractivity contribution is 0.0950. The summed E-state index contributed by atoms with van der Waals surface area (Å²) in [7, 11) is -2.55. The van der Waals surface area contributed by atoms with Crippen molar-refractivity contribution in [1.29, 1.82) is 0 Å². The highest BCUT2D eigenvalue weighted by atomic mass is 35.5. The van der Waals surface area contributed by atoms with Crippen molar-refractivity contribution in [2.24, 2.45) is 0 Å². The van der Waals surface area contributed by atoms with E-state index in [4.69, 9.17) is 16.3 Å². The maximum Gasteiger partial charge on any atom is 0.251 e. The first-order chi connectivity index (χ1) is 14.8. The molecule has 0 aliphatic heterocycles. The molecule has 2 N–H and O–H groups in total. The average Bonchev–Trinajstić information content (AvgIpc) is 2.77. The van der Waals surface area contributed by atoms with Gasteiger partial charge in [0.05, 0.1) is 7.11 Å². The molecule has 0 aliphatic rings. The fourth-order valence-corrected chi connectivity index (χ4v) is 4.31. The van der Waals surface area contributed by atoms with Crippen molar-refractivity contribution < 1.29 is 17.9 Å². The van der Waals surface area contributed by atoms with E-state index in [9.17, 15) is 13.2 Å². The second kappa shape index (κ2) is 9.96. The molecule has 6 nitrogen and oxygen atoms in total. The summed E-state index contributed by atoms with van der Waals surface area (Å²) < 4.78 is 33.5. The molecule has 1 amide bonds. The molecule has 162 valence electrons. The van der Waals surface area contributed by atoms with Crippen LogP contribution in [0.1, 0.15) is 27.0 Å². The molecular weight excluding hydrogens is 436 g/mol. The largest absolute Gasteiger partial charge is 0.495 e. The van der Waals surface area contributed by atoms with Crippen LogP contribution in [-0.4, -0.2) is 21.4 Å². The maximum atomic E-state index is 12.9. The zero-order valence-electron chi connectivity index (χ0n) is 17.2. The first-order valence-electron chi connectivity index (χ1n) is 9.55. The van der Waals surface area contributed by atoms with Gasteiger partial charge in [-0.1, -0.05) is 48.0 Å². The van der Waals surface area contributed by atoms with E-state index in [1.807, 2.05) is 31.2 Å². The van der Waals surface area contributed by atoms with Crippen molar-refractivity contribution in [2.45, 2.75) is 24.9 Å². The Labute approximate surface area is 187 Å². The number of hydrogen-bond acceptors (Lipinski definition) is 4. The number of carbonyl (C=O) groups excluding carboxylic acids is 1. The normalized spacial score (nSPS) is 11.2. The SMILES string of the molecule is COc1ccc(C(=O)NCc2ccccc2C)cc1S(=O)(=O)NCc1ccc(Cl)cc1. The lowest BCUT2D eigenvalue weighted by atomic mass is 10.1. The second-order valence-corrected chi connectivity index (χ2v) is 9.10. The van der Waals surface area contributed by atoms with E-state index in [1.54, 1.807) is 24.3 Å². The molecular formula is C23H23ClN2O4S. The van der Waals surface area contributed by atoms with E-state index in [0.717, 1.165) is 16.7 Å². The molecule has 0 saturated heterocycles. The zero-order chi connectivity index (χ0) is 22.4. The van der Waals surface area contributed by atoms with Gasteiger partial charge in [0.25, 0.3) is 5.91 Å². The fraction of sp³-hybridized carbons (Fsp3) is 0.174. The van der Waals surface area contributed by atoms with Gasteiger partial charge in [0.15, 0.2) is 0 Å². The molecule has 0 heterocycles. The van der Waals surface area contributed by atoms with Gasteiger partial charge in [-0.15, -0.1) is 0 Å². The molecule has 3 rings (SSSR count). The van der Waals surface area contributed by atoms with Crippen LogP contribution in [0.25, 0.3) is 0 Å². The molecule has 3 aromatic carbocycles. The van der Waals surface area contributed by atoms with Crippen LogP contribution in [0.2, 0.25) is 5.02 Å². The summed E-state index contributed by atoms with van der Waals surface area (Å²) in [4.78, 5) is 12.5. The van der Waals surface area contributed by atoms with Crippen molar-refractivity contribution in [3.63, 3.8) is 0 Å². The van der Waals surface area contributed by atoms with Gasteiger partial charge in [0, 0.05) is 23.7 Å². The predicted octanol–water partition coefficient (Wildman–Crippen LogP) is 4.07. The van der Waals surface area contributed by atoms with Crippen LogP contribution in [0.15, 0.2) is 71.6 Å². The van der Waals surface area contributed by atoms with Gasteiger partial charge in [-0.2, -0.15) is 0 Å². The monoisotopic (exact) mass is 458 g/mol. The summed E-state index contributed by atoms with van der Waals surface area (Å²) in [5.41, 5.74) is 3.02. The van der Waals surface area contributed by atoms with E-state index in [-0.39, 0.29) is 28.7 Å². The molecule has 0 aliphatic carbocycles. The Morgan fingerprint density at radius 3 is 2.39 bits per heavy atom. The zero-order valence-corrected chi connectivity index (χ0v) is 18.8. The van der Waals surface area contributed by atoms with Crippen LogP contribution >= 0.6 is 11.6 Å². The molecule has 0 fully saturated rings. The Kier molecular flexibility index (Phi) is 7.33. The van der Waals surface area contributed by atoms with Gasteiger partial charge in [-0.05, 0) is 53.9 Å². The number of aryl methyl sites for hydroxylation is 1. The molecule has 0 spiro atoms. The number of ether oxygens (including phenoxy) is 1. The lowest BCUT2D eigenvalue weighted by Gasteiger charge is -2.13. The number of nitrogens with one attached hydrogen (secondary N) is 2. The number of benzene rings is 3. The Morgan fingerprint density at radius 1 is 1.00 bits per heavy atom. The van der Waals surface area contributed by atoms with E-state index < -0.39 is 10.0 Å². The van der Waals surface area contributed by atoms with Gasteiger partial charge in [-0.3, -0.25) is 4.79 Å².